The molecule has 1 rings (SSSR count). The lowest BCUT2D eigenvalue weighted by atomic mass is 10.2. The Bertz CT molecular complexity index is 411. The fourth-order valence-corrected chi connectivity index (χ4v) is 3.64. The molecule has 0 aliphatic rings. The molecular formula is C10H13BrO3S. The first kappa shape index (κ1) is 12.5. The van der Waals surface area contributed by atoms with Gasteiger partial charge in [-0.05, 0) is 17.7 Å². The summed E-state index contributed by atoms with van der Waals surface area (Å²) in [7, 11) is -1.37. The molecule has 0 amide bonds. The van der Waals surface area contributed by atoms with Crippen LogP contribution < -0.4 is 4.74 Å². The summed E-state index contributed by atoms with van der Waals surface area (Å²) in [5, 5.41) is 0. The Morgan fingerprint density at radius 2 is 1.87 bits per heavy atom. The van der Waals surface area contributed by atoms with Gasteiger partial charge >= 0.3 is 0 Å². The molecule has 1 aromatic rings. The highest BCUT2D eigenvalue weighted by Crippen LogP contribution is 2.25. The molecule has 0 radical (unpaired) electrons. The minimum absolute atomic E-state index is 0.0966. The molecule has 0 spiro atoms. The third kappa shape index (κ3) is 4.22. The van der Waals surface area contributed by atoms with Crippen molar-refractivity contribution in [2.45, 2.75) is 4.83 Å². The Balaban J connectivity index is 2.78. The molecule has 0 aliphatic carbocycles. The van der Waals surface area contributed by atoms with Crippen molar-refractivity contribution in [2.24, 2.45) is 0 Å². The summed E-state index contributed by atoms with van der Waals surface area (Å²) in [6.45, 7) is 0. The summed E-state index contributed by atoms with van der Waals surface area (Å²) in [6, 6.07) is 7.32. The van der Waals surface area contributed by atoms with E-state index in [9.17, 15) is 8.42 Å². The molecule has 0 aliphatic heterocycles. The number of rotatable bonds is 4. The van der Waals surface area contributed by atoms with Crippen LogP contribution in [0.2, 0.25) is 0 Å². The van der Waals surface area contributed by atoms with E-state index in [1.807, 2.05) is 24.3 Å². The highest BCUT2D eigenvalue weighted by Gasteiger charge is 2.13. The molecule has 0 saturated carbocycles. The van der Waals surface area contributed by atoms with Crippen LogP contribution in [0.1, 0.15) is 10.4 Å². The summed E-state index contributed by atoms with van der Waals surface area (Å²) in [4.78, 5) is -0.168. The normalized spacial score (nSPS) is 13.5. The van der Waals surface area contributed by atoms with Crippen LogP contribution in [-0.4, -0.2) is 27.5 Å². The monoisotopic (exact) mass is 292 g/mol. The highest BCUT2D eigenvalue weighted by molar-refractivity contribution is 9.09. The van der Waals surface area contributed by atoms with Crippen molar-refractivity contribution in [3.63, 3.8) is 0 Å². The van der Waals surface area contributed by atoms with Crippen LogP contribution in [-0.2, 0) is 9.84 Å². The predicted molar refractivity (Wildman–Crippen MR) is 64.4 cm³/mol. The van der Waals surface area contributed by atoms with Crippen LogP contribution in [0.15, 0.2) is 24.3 Å². The molecule has 0 N–H and O–H groups in total. The van der Waals surface area contributed by atoms with Crippen LogP contribution in [0.25, 0.3) is 0 Å². The molecule has 3 nitrogen and oxygen atoms in total. The molecule has 15 heavy (non-hydrogen) atoms. The molecule has 0 fully saturated rings. The number of halogens is 1. The number of alkyl halides is 1. The van der Waals surface area contributed by atoms with Gasteiger partial charge in [0.05, 0.1) is 17.7 Å². The van der Waals surface area contributed by atoms with Gasteiger partial charge < -0.3 is 4.74 Å². The fourth-order valence-electron chi connectivity index (χ4n) is 1.17. The van der Waals surface area contributed by atoms with Gasteiger partial charge in [-0.25, -0.2) is 8.42 Å². The van der Waals surface area contributed by atoms with Gasteiger partial charge in [-0.2, -0.15) is 0 Å². The van der Waals surface area contributed by atoms with Crippen molar-refractivity contribution < 1.29 is 13.2 Å². The third-order valence-electron chi connectivity index (χ3n) is 1.93. The van der Waals surface area contributed by atoms with E-state index < -0.39 is 9.84 Å². The Labute approximate surface area is 98.5 Å². The molecule has 0 aromatic heterocycles. The summed E-state index contributed by atoms with van der Waals surface area (Å²) < 4.78 is 27.2. The maximum atomic E-state index is 11.1. The Morgan fingerprint density at radius 1 is 1.33 bits per heavy atom. The third-order valence-corrected chi connectivity index (χ3v) is 4.15. The first-order valence-electron chi connectivity index (χ1n) is 4.38. The van der Waals surface area contributed by atoms with Crippen LogP contribution in [0.5, 0.6) is 5.75 Å². The lowest BCUT2D eigenvalue weighted by molar-refractivity contribution is 0.414. The van der Waals surface area contributed by atoms with Crippen molar-refractivity contribution in [3.05, 3.63) is 29.8 Å². The van der Waals surface area contributed by atoms with Crippen LogP contribution in [0.4, 0.5) is 0 Å². The van der Waals surface area contributed by atoms with Gasteiger partial charge in [-0.3, -0.25) is 0 Å². The predicted octanol–water partition coefficient (Wildman–Crippen LogP) is 2.18. The number of ether oxygens (including phenoxy) is 1. The van der Waals surface area contributed by atoms with Crippen molar-refractivity contribution in [1.82, 2.24) is 0 Å². The molecule has 84 valence electrons. The summed E-state index contributed by atoms with van der Waals surface area (Å²) >= 11 is 3.35. The van der Waals surface area contributed by atoms with Crippen molar-refractivity contribution >= 4 is 25.8 Å². The number of methoxy groups -OCH3 is 1. The fraction of sp³-hybridized carbons (Fsp3) is 0.400. The van der Waals surface area contributed by atoms with E-state index in [0.717, 1.165) is 11.3 Å². The lowest BCUT2D eigenvalue weighted by Crippen LogP contribution is -2.08. The maximum Gasteiger partial charge on any atom is 0.148 e. The minimum atomic E-state index is -2.97. The smallest absolute Gasteiger partial charge is 0.148 e. The second-order valence-electron chi connectivity index (χ2n) is 3.33. The average molecular weight is 293 g/mol. The topological polar surface area (TPSA) is 43.4 Å². The second kappa shape index (κ2) is 4.99. The van der Waals surface area contributed by atoms with Crippen LogP contribution >= 0.6 is 15.9 Å². The van der Waals surface area contributed by atoms with E-state index in [2.05, 4.69) is 15.9 Å². The van der Waals surface area contributed by atoms with Gasteiger partial charge in [0.15, 0.2) is 0 Å². The Morgan fingerprint density at radius 3 is 2.27 bits per heavy atom. The number of sulfone groups is 1. The largest absolute Gasteiger partial charge is 0.497 e. The standard InChI is InChI=1S/C10H13BrO3S/c1-14-9-5-3-8(4-6-9)10(11)7-15(2,12)13/h3-6,10H,7H2,1-2H3. The molecule has 0 saturated heterocycles. The van der Waals surface area contributed by atoms with Gasteiger partial charge in [-0.1, -0.05) is 28.1 Å². The quantitative estimate of drug-likeness (QED) is 0.799. The molecule has 0 bridgehead atoms. The summed E-state index contributed by atoms with van der Waals surface area (Å²) in [5.41, 5.74) is 0.932. The number of hydrogen-bond donors (Lipinski definition) is 0. The molecule has 1 aromatic carbocycles. The maximum absolute atomic E-state index is 11.1. The van der Waals surface area contributed by atoms with Gasteiger partial charge in [0.1, 0.15) is 15.6 Å². The van der Waals surface area contributed by atoms with E-state index in [-0.39, 0.29) is 10.6 Å². The van der Waals surface area contributed by atoms with Crippen molar-refractivity contribution in [1.29, 1.82) is 0 Å². The van der Waals surface area contributed by atoms with Crippen molar-refractivity contribution in [2.75, 3.05) is 19.1 Å². The van der Waals surface area contributed by atoms with E-state index in [1.165, 1.54) is 6.26 Å². The highest BCUT2D eigenvalue weighted by atomic mass is 79.9. The Kier molecular flexibility index (Phi) is 4.16. The molecule has 0 heterocycles. The minimum Gasteiger partial charge on any atom is -0.497 e. The van der Waals surface area contributed by atoms with E-state index in [0.29, 0.717) is 0 Å². The van der Waals surface area contributed by atoms with Crippen LogP contribution in [0, 0.1) is 0 Å². The molecule has 5 heteroatoms. The number of hydrogen-bond acceptors (Lipinski definition) is 3. The van der Waals surface area contributed by atoms with Gasteiger partial charge in [0, 0.05) is 6.26 Å². The van der Waals surface area contributed by atoms with Gasteiger partial charge in [0.2, 0.25) is 0 Å². The van der Waals surface area contributed by atoms with Crippen molar-refractivity contribution in [3.8, 4) is 5.75 Å². The first-order valence-corrected chi connectivity index (χ1v) is 7.36. The zero-order valence-corrected chi connectivity index (χ0v) is 11.0. The average Bonchev–Trinajstić information content (AvgIpc) is 2.15. The van der Waals surface area contributed by atoms with E-state index >= 15 is 0 Å². The Hall–Kier alpha value is -0.550. The van der Waals surface area contributed by atoms with Gasteiger partial charge in [-0.15, -0.1) is 0 Å². The van der Waals surface area contributed by atoms with Gasteiger partial charge in [0.25, 0.3) is 0 Å². The zero-order valence-electron chi connectivity index (χ0n) is 8.60. The number of benzene rings is 1. The first-order chi connectivity index (χ1) is 6.92. The second-order valence-corrected chi connectivity index (χ2v) is 6.62. The SMILES string of the molecule is COc1ccc(C(Br)CS(C)(=O)=O)cc1. The molecule has 1 unspecified atom stereocenters. The van der Waals surface area contributed by atoms with Crippen LogP contribution in [0.3, 0.4) is 0 Å². The molecular weight excluding hydrogens is 280 g/mol. The lowest BCUT2D eigenvalue weighted by Gasteiger charge is -2.09. The molecule has 1 atom stereocenters. The summed E-state index contributed by atoms with van der Waals surface area (Å²) in [6.07, 6.45) is 1.23. The summed E-state index contributed by atoms with van der Waals surface area (Å²) in [5.74, 6) is 0.858. The zero-order chi connectivity index (χ0) is 11.5. The van der Waals surface area contributed by atoms with E-state index in [1.54, 1.807) is 7.11 Å². The van der Waals surface area contributed by atoms with E-state index in [4.69, 9.17) is 4.74 Å².